The highest BCUT2D eigenvalue weighted by Crippen LogP contribution is 2.47. The largest absolute Gasteiger partial charge is 0.458 e. The lowest BCUT2D eigenvalue weighted by Crippen LogP contribution is -2.53. The maximum absolute atomic E-state index is 13.6. The van der Waals surface area contributed by atoms with Gasteiger partial charge in [-0.05, 0) is 56.8 Å². The molecule has 0 bridgehead atoms. The summed E-state index contributed by atoms with van der Waals surface area (Å²) >= 11 is 0. The van der Waals surface area contributed by atoms with Crippen LogP contribution in [-0.4, -0.2) is 36.0 Å². The van der Waals surface area contributed by atoms with Crippen molar-refractivity contribution in [2.24, 2.45) is 22.7 Å². The third-order valence-electron chi connectivity index (χ3n) is 7.70. The van der Waals surface area contributed by atoms with E-state index in [4.69, 9.17) is 4.74 Å². The van der Waals surface area contributed by atoms with Crippen LogP contribution < -0.4 is 0 Å². The monoisotopic (exact) mass is 518 g/mol. The Labute approximate surface area is 204 Å². The van der Waals surface area contributed by atoms with Crippen molar-refractivity contribution in [2.45, 2.75) is 124 Å². The van der Waals surface area contributed by atoms with Crippen molar-refractivity contribution in [2.75, 3.05) is 0 Å². The Balaban J connectivity index is 3.37. The second-order valence-electron chi connectivity index (χ2n) is 11.1. The predicted molar refractivity (Wildman–Crippen MR) is 119 cm³/mol. The number of hydrogen-bond donors (Lipinski definition) is 0. The van der Waals surface area contributed by atoms with Crippen LogP contribution in [0.5, 0.6) is 0 Å². The number of esters is 2. The Morgan fingerprint density at radius 2 is 1.37 bits per heavy atom. The van der Waals surface area contributed by atoms with Crippen LogP contribution in [0.4, 0.5) is 26.3 Å². The average molecular weight is 519 g/mol. The fourth-order valence-electron chi connectivity index (χ4n) is 4.88. The molecule has 0 radical (unpaired) electrons. The van der Waals surface area contributed by atoms with Crippen LogP contribution in [0.1, 0.15) is 99.8 Å². The van der Waals surface area contributed by atoms with E-state index in [2.05, 4.69) is 4.74 Å². The van der Waals surface area contributed by atoms with Crippen LogP contribution in [0.25, 0.3) is 0 Å². The second-order valence-corrected chi connectivity index (χ2v) is 11.1. The molecule has 0 aromatic carbocycles. The van der Waals surface area contributed by atoms with E-state index in [-0.39, 0.29) is 30.6 Å². The molecule has 0 amide bonds. The number of alkyl halides is 6. The zero-order valence-electron chi connectivity index (χ0n) is 21.8. The molecule has 0 aromatic rings. The molecule has 0 aromatic heterocycles. The van der Waals surface area contributed by atoms with Crippen LogP contribution in [0.15, 0.2) is 0 Å². The first kappa shape index (κ1) is 31.5. The van der Waals surface area contributed by atoms with Crippen LogP contribution in [0.2, 0.25) is 0 Å². The molecule has 4 nitrogen and oxygen atoms in total. The summed E-state index contributed by atoms with van der Waals surface area (Å²) in [6, 6.07) is 0. The number of carbonyl (C=O) groups is 2. The van der Waals surface area contributed by atoms with Crippen molar-refractivity contribution >= 4 is 11.9 Å². The average Bonchev–Trinajstić information content (AvgIpc) is 2.71. The lowest BCUT2D eigenvalue weighted by molar-refractivity contribution is -0.315. The summed E-state index contributed by atoms with van der Waals surface area (Å²) in [4.78, 5) is 26.4. The van der Waals surface area contributed by atoms with E-state index in [9.17, 15) is 35.9 Å². The van der Waals surface area contributed by atoms with Gasteiger partial charge >= 0.3 is 24.3 Å². The van der Waals surface area contributed by atoms with Gasteiger partial charge in [0.25, 0.3) is 6.10 Å². The van der Waals surface area contributed by atoms with E-state index in [0.29, 0.717) is 19.3 Å². The first-order chi connectivity index (χ1) is 15.8. The van der Waals surface area contributed by atoms with Gasteiger partial charge in [0.2, 0.25) is 0 Å². The number of hydrogen-bond acceptors (Lipinski definition) is 4. The Hall–Kier alpha value is -1.48. The molecule has 35 heavy (non-hydrogen) atoms. The topological polar surface area (TPSA) is 52.6 Å². The Morgan fingerprint density at radius 3 is 1.74 bits per heavy atom. The van der Waals surface area contributed by atoms with Gasteiger partial charge in [-0.2, -0.15) is 26.3 Å². The Kier molecular flexibility index (Phi) is 10.2. The molecule has 0 spiro atoms. The Morgan fingerprint density at radius 1 is 0.886 bits per heavy atom. The first-order valence-corrected chi connectivity index (χ1v) is 12.3. The van der Waals surface area contributed by atoms with Crippen molar-refractivity contribution < 1.29 is 45.4 Å². The maximum Gasteiger partial charge on any atom is 0.434 e. The summed E-state index contributed by atoms with van der Waals surface area (Å²) < 4.78 is 88.3. The number of halogens is 6. The lowest BCUT2D eigenvalue weighted by Gasteiger charge is -2.45. The lowest BCUT2D eigenvalue weighted by atomic mass is 9.66. The molecular formula is C25H40F6O4. The van der Waals surface area contributed by atoms with Crippen molar-refractivity contribution in [1.82, 2.24) is 0 Å². The molecule has 2 unspecified atom stereocenters. The van der Waals surface area contributed by atoms with Gasteiger partial charge in [-0.15, -0.1) is 0 Å². The second kappa shape index (κ2) is 11.3. The fraction of sp³-hybridized carbons (Fsp3) is 0.920. The number of rotatable bonds is 10. The Bertz CT molecular complexity index is 708. The standard InChI is InChI=1S/C25H40F6O4/c1-8-17(18(32)34-19(24(26,27)28)25(29,30)31)23(13-11-10-12-14-23)35-20(33)22(7,16(3)4)15-21(5,6)9-2/h16-17,19H,8-15H2,1-7H3. The molecule has 10 heteroatoms. The number of ether oxygens (including phenoxy) is 2. The van der Waals surface area contributed by atoms with Gasteiger partial charge in [-0.3, -0.25) is 9.59 Å². The van der Waals surface area contributed by atoms with Gasteiger partial charge < -0.3 is 9.47 Å². The molecule has 0 N–H and O–H groups in total. The van der Waals surface area contributed by atoms with E-state index in [0.717, 1.165) is 12.8 Å². The minimum atomic E-state index is -5.81. The highest BCUT2D eigenvalue weighted by molar-refractivity contribution is 5.79. The van der Waals surface area contributed by atoms with Crippen LogP contribution in [-0.2, 0) is 19.1 Å². The van der Waals surface area contributed by atoms with E-state index in [1.165, 1.54) is 6.92 Å². The van der Waals surface area contributed by atoms with Crippen LogP contribution in [0, 0.1) is 22.7 Å². The maximum atomic E-state index is 13.6. The quantitative estimate of drug-likeness (QED) is 0.219. The van der Waals surface area contributed by atoms with Crippen molar-refractivity contribution in [3.63, 3.8) is 0 Å². The summed E-state index contributed by atoms with van der Waals surface area (Å²) in [7, 11) is 0. The summed E-state index contributed by atoms with van der Waals surface area (Å²) in [6.07, 6.45) is -12.6. The van der Waals surface area contributed by atoms with Crippen molar-refractivity contribution in [3.05, 3.63) is 0 Å². The van der Waals surface area contributed by atoms with Gasteiger partial charge in [0.15, 0.2) is 0 Å². The first-order valence-electron chi connectivity index (χ1n) is 12.3. The molecule has 206 valence electrons. The summed E-state index contributed by atoms with van der Waals surface area (Å²) in [6.45, 7) is 13.0. The van der Waals surface area contributed by atoms with E-state index >= 15 is 0 Å². The zero-order chi connectivity index (χ0) is 27.5. The number of carbonyl (C=O) groups excluding carboxylic acids is 2. The SMILES string of the molecule is CCC(C(=O)OC(C(F)(F)F)C(F)(F)F)C1(OC(=O)C(C)(CC(C)(C)CC)C(C)C)CCCCC1. The molecule has 0 heterocycles. The van der Waals surface area contributed by atoms with Gasteiger partial charge in [0.05, 0.1) is 11.3 Å². The van der Waals surface area contributed by atoms with Gasteiger partial charge in [-0.25, -0.2) is 0 Å². The molecule has 0 saturated heterocycles. The van der Waals surface area contributed by atoms with Gasteiger partial charge in [0.1, 0.15) is 5.60 Å². The summed E-state index contributed by atoms with van der Waals surface area (Å²) in [5.74, 6) is -3.85. The van der Waals surface area contributed by atoms with Crippen molar-refractivity contribution in [3.8, 4) is 0 Å². The van der Waals surface area contributed by atoms with Gasteiger partial charge in [0, 0.05) is 0 Å². The van der Waals surface area contributed by atoms with Crippen LogP contribution >= 0.6 is 0 Å². The van der Waals surface area contributed by atoms with E-state index in [1.807, 2.05) is 34.6 Å². The molecule has 1 rings (SSSR count). The molecule has 1 aliphatic carbocycles. The molecule has 1 aliphatic rings. The van der Waals surface area contributed by atoms with Gasteiger partial charge in [-0.1, -0.05) is 54.4 Å². The normalized spacial score (nSPS) is 19.9. The van der Waals surface area contributed by atoms with E-state index < -0.39 is 47.3 Å². The molecule has 1 fully saturated rings. The third kappa shape index (κ3) is 7.75. The van der Waals surface area contributed by atoms with Crippen molar-refractivity contribution in [1.29, 1.82) is 0 Å². The van der Waals surface area contributed by atoms with E-state index in [1.54, 1.807) is 6.92 Å². The molecule has 2 atom stereocenters. The predicted octanol–water partition coefficient (Wildman–Crippen LogP) is 7.78. The highest BCUT2D eigenvalue weighted by Gasteiger charge is 2.61. The summed E-state index contributed by atoms with van der Waals surface area (Å²) in [5.41, 5.74) is -2.70. The highest BCUT2D eigenvalue weighted by atomic mass is 19.4. The fourth-order valence-corrected chi connectivity index (χ4v) is 4.88. The summed E-state index contributed by atoms with van der Waals surface area (Å²) in [5, 5.41) is 0. The molecule has 0 aliphatic heterocycles. The zero-order valence-corrected chi connectivity index (χ0v) is 21.8. The third-order valence-corrected chi connectivity index (χ3v) is 7.70. The molecule has 1 saturated carbocycles. The smallest absolute Gasteiger partial charge is 0.434 e. The minimum absolute atomic E-state index is 0.132. The molecular weight excluding hydrogens is 478 g/mol. The minimum Gasteiger partial charge on any atom is -0.458 e. The van der Waals surface area contributed by atoms with Crippen LogP contribution in [0.3, 0.4) is 0 Å².